The van der Waals surface area contributed by atoms with Crippen molar-refractivity contribution in [2.24, 2.45) is 0 Å². The average Bonchev–Trinajstić information content (AvgIpc) is 2.49. The Balaban J connectivity index is 1.93. The molecule has 0 aliphatic carbocycles. The molecule has 1 heterocycles. The first-order valence-electron chi connectivity index (χ1n) is 7.07. The fourth-order valence-electron chi connectivity index (χ4n) is 2.50. The molecule has 0 fully saturated rings. The summed E-state index contributed by atoms with van der Waals surface area (Å²) in [4.78, 5) is 25.5. The van der Waals surface area contributed by atoms with Crippen molar-refractivity contribution in [3.05, 3.63) is 56.8 Å². The molecule has 0 N–H and O–H groups in total. The maximum Gasteiger partial charge on any atom is 0.330 e. The van der Waals surface area contributed by atoms with Gasteiger partial charge in [-0.05, 0) is 23.8 Å². The molecule has 0 unspecified atom stereocenters. The number of benzene rings is 2. The third-order valence-corrected chi connectivity index (χ3v) is 4.56. The van der Waals surface area contributed by atoms with Crippen molar-refractivity contribution in [3.8, 4) is 5.75 Å². The van der Waals surface area contributed by atoms with Crippen molar-refractivity contribution < 1.29 is 18.7 Å². The fourth-order valence-corrected chi connectivity index (χ4v) is 3.24. The van der Waals surface area contributed by atoms with E-state index in [9.17, 15) is 14.0 Å². The molecule has 0 bridgehead atoms. The van der Waals surface area contributed by atoms with Crippen molar-refractivity contribution in [1.29, 1.82) is 0 Å². The Kier molecular flexibility index (Phi) is 4.60. The zero-order chi connectivity index (χ0) is 17.4. The molecule has 2 aromatic carbocycles. The highest BCUT2D eigenvalue weighted by Gasteiger charge is 2.25. The summed E-state index contributed by atoms with van der Waals surface area (Å²) >= 11 is 9.41. The number of likely N-dealkylation sites (N-methyl/N-ethyl adjacent to an activating group) is 1. The molecule has 2 aromatic rings. The highest BCUT2D eigenvalue weighted by Crippen LogP contribution is 2.34. The van der Waals surface area contributed by atoms with Crippen LogP contribution in [0.15, 0.2) is 34.8 Å². The lowest BCUT2D eigenvalue weighted by Gasteiger charge is -2.26. The van der Waals surface area contributed by atoms with Gasteiger partial charge in [0, 0.05) is 29.0 Å². The average molecular weight is 413 g/mol. The number of carbonyl (C=O) groups excluding carboxylic acids is 2. The molecule has 0 atom stereocenters. The maximum atomic E-state index is 14.3. The summed E-state index contributed by atoms with van der Waals surface area (Å²) in [6.45, 7) is 0.0464. The minimum Gasteiger partial charge on any atom is -0.423 e. The van der Waals surface area contributed by atoms with Crippen molar-refractivity contribution in [2.75, 3.05) is 18.5 Å². The van der Waals surface area contributed by atoms with Gasteiger partial charge in [0.1, 0.15) is 12.4 Å². The van der Waals surface area contributed by atoms with Gasteiger partial charge >= 0.3 is 5.97 Å². The first kappa shape index (κ1) is 16.9. The minimum absolute atomic E-state index is 0.0225. The van der Waals surface area contributed by atoms with Crippen LogP contribution in [0.5, 0.6) is 5.75 Å². The van der Waals surface area contributed by atoms with Gasteiger partial charge < -0.3 is 9.64 Å². The van der Waals surface area contributed by atoms with Gasteiger partial charge in [-0.3, -0.25) is 4.79 Å². The summed E-state index contributed by atoms with van der Waals surface area (Å²) in [5.74, 6) is -1.48. The van der Waals surface area contributed by atoms with Crippen LogP contribution in [0.25, 0.3) is 0 Å². The minimum atomic E-state index is -0.727. The van der Waals surface area contributed by atoms with Crippen molar-refractivity contribution in [2.45, 2.75) is 6.42 Å². The second-order valence-electron chi connectivity index (χ2n) is 5.47. The molecular weight excluding hydrogens is 401 g/mol. The number of Topliss-reactive ketones (excluding diaryl/α,β-unsaturated/α-hetero) is 1. The van der Waals surface area contributed by atoms with E-state index in [2.05, 4.69) is 15.9 Å². The first-order chi connectivity index (χ1) is 11.3. The van der Waals surface area contributed by atoms with Gasteiger partial charge in [-0.15, -0.1) is 0 Å². The number of hydrogen-bond acceptors (Lipinski definition) is 4. The monoisotopic (exact) mass is 411 g/mol. The summed E-state index contributed by atoms with van der Waals surface area (Å²) in [5.41, 5.74) is 1.06. The highest BCUT2D eigenvalue weighted by atomic mass is 79.9. The van der Waals surface area contributed by atoms with Crippen LogP contribution in [0.3, 0.4) is 0 Å². The molecule has 124 valence electrons. The second kappa shape index (κ2) is 6.53. The van der Waals surface area contributed by atoms with Crippen LogP contribution in [-0.2, 0) is 11.2 Å². The Bertz CT molecular complexity index is 856. The van der Waals surface area contributed by atoms with Crippen LogP contribution in [-0.4, -0.2) is 25.3 Å². The number of fused-ring (bicyclic) bond motifs is 1. The van der Waals surface area contributed by atoms with E-state index in [4.69, 9.17) is 16.3 Å². The third-order valence-electron chi connectivity index (χ3n) is 3.72. The van der Waals surface area contributed by atoms with Crippen molar-refractivity contribution >= 4 is 45.0 Å². The molecule has 0 aromatic heterocycles. The van der Waals surface area contributed by atoms with E-state index in [1.54, 1.807) is 30.1 Å². The topological polar surface area (TPSA) is 46.6 Å². The van der Waals surface area contributed by atoms with E-state index in [0.717, 1.165) is 10.5 Å². The molecule has 24 heavy (non-hydrogen) atoms. The number of nitrogens with zero attached hydrogens (tertiary/aromatic N) is 1. The lowest BCUT2D eigenvalue weighted by Crippen LogP contribution is -2.34. The Labute approximate surface area is 151 Å². The van der Waals surface area contributed by atoms with E-state index in [1.165, 1.54) is 6.07 Å². The molecule has 3 rings (SSSR count). The zero-order valence-electron chi connectivity index (χ0n) is 12.6. The molecule has 4 nitrogen and oxygen atoms in total. The molecular formula is C17H12BrClFNO3. The number of carbonyl (C=O) groups is 2. The Hall–Kier alpha value is -1.92. The molecule has 0 saturated carbocycles. The summed E-state index contributed by atoms with van der Waals surface area (Å²) in [6.07, 6.45) is -0.0225. The number of halogens is 3. The Morgan fingerprint density at radius 3 is 2.83 bits per heavy atom. The number of hydrogen-bond donors (Lipinski definition) is 0. The van der Waals surface area contributed by atoms with Crippen LogP contribution in [0.2, 0.25) is 5.02 Å². The fraction of sp³-hybridized carbons (Fsp3) is 0.176. The third kappa shape index (κ3) is 3.30. The Morgan fingerprint density at radius 2 is 2.12 bits per heavy atom. The van der Waals surface area contributed by atoms with Crippen LogP contribution in [0, 0.1) is 5.82 Å². The van der Waals surface area contributed by atoms with Gasteiger partial charge in [0.15, 0.2) is 11.5 Å². The van der Waals surface area contributed by atoms with Crippen LogP contribution < -0.4 is 9.64 Å². The van der Waals surface area contributed by atoms with Gasteiger partial charge in [-0.2, -0.15) is 0 Å². The lowest BCUT2D eigenvalue weighted by atomic mass is 10.0. The largest absolute Gasteiger partial charge is 0.423 e. The van der Waals surface area contributed by atoms with E-state index >= 15 is 0 Å². The van der Waals surface area contributed by atoms with Crippen LogP contribution >= 0.6 is 27.5 Å². The quantitative estimate of drug-likeness (QED) is 0.434. The lowest BCUT2D eigenvalue weighted by molar-refractivity contribution is -0.133. The normalized spacial score (nSPS) is 13.5. The first-order valence-corrected chi connectivity index (χ1v) is 8.24. The second-order valence-corrected chi connectivity index (χ2v) is 6.79. The number of ether oxygens (including phenoxy) is 1. The maximum absolute atomic E-state index is 14.3. The molecule has 1 aliphatic heterocycles. The zero-order valence-corrected chi connectivity index (χ0v) is 14.9. The van der Waals surface area contributed by atoms with Gasteiger partial charge in [-0.1, -0.05) is 33.6 Å². The molecule has 0 amide bonds. The SMILES string of the molecule is CN1CC(=O)Oc2cc(F)c(C(=O)Cc3ccc(Br)cc3Cl)cc21. The highest BCUT2D eigenvalue weighted by molar-refractivity contribution is 9.10. The standard InChI is InChI=1S/C17H12BrClFNO3/c1-21-8-17(23)24-16-7-13(20)11(6-14(16)21)15(22)4-9-2-3-10(18)5-12(9)19/h2-3,5-7H,4,8H2,1H3. The van der Waals surface area contributed by atoms with Gasteiger partial charge in [0.25, 0.3) is 0 Å². The predicted octanol–water partition coefficient (Wildman–Crippen LogP) is 4.02. The van der Waals surface area contributed by atoms with Gasteiger partial charge in [0.05, 0.1) is 11.3 Å². The smallest absolute Gasteiger partial charge is 0.330 e. The summed E-state index contributed by atoms with van der Waals surface area (Å²) < 4.78 is 20.1. The van der Waals surface area contributed by atoms with Gasteiger partial charge in [-0.25, -0.2) is 9.18 Å². The van der Waals surface area contributed by atoms with Crippen molar-refractivity contribution in [3.63, 3.8) is 0 Å². The molecule has 1 aliphatic rings. The summed E-state index contributed by atoms with van der Waals surface area (Å²) in [6, 6.07) is 7.64. The number of rotatable bonds is 3. The Morgan fingerprint density at radius 1 is 1.38 bits per heavy atom. The summed E-state index contributed by atoms with van der Waals surface area (Å²) in [5, 5.41) is 0.433. The van der Waals surface area contributed by atoms with E-state index in [-0.39, 0.29) is 24.3 Å². The van der Waals surface area contributed by atoms with Crippen LogP contribution in [0.4, 0.5) is 10.1 Å². The number of esters is 1. The van der Waals surface area contributed by atoms with Crippen molar-refractivity contribution in [1.82, 2.24) is 0 Å². The molecule has 7 heteroatoms. The van der Waals surface area contributed by atoms with Crippen LogP contribution in [0.1, 0.15) is 15.9 Å². The molecule has 0 spiro atoms. The number of ketones is 1. The summed E-state index contributed by atoms with van der Waals surface area (Å²) in [7, 11) is 1.68. The van der Waals surface area contributed by atoms with E-state index < -0.39 is 17.6 Å². The molecule has 0 saturated heterocycles. The van der Waals surface area contributed by atoms with E-state index in [1.807, 2.05) is 0 Å². The van der Waals surface area contributed by atoms with Gasteiger partial charge in [0.2, 0.25) is 0 Å². The van der Waals surface area contributed by atoms with E-state index in [0.29, 0.717) is 16.3 Å². The number of anilines is 1. The molecule has 0 radical (unpaired) electrons. The predicted molar refractivity (Wildman–Crippen MR) is 92.5 cm³/mol.